The van der Waals surface area contributed by atoms with Crippen LogP contribution < -0.4 is 0 Å². The van der Waals surface area contributed by atoms with Gasteiger partial charge in [-0.25, -0.2) is 0 Å². The number of rotatable bonds is 6. The quantitative estimate of drug-likeness (QED) is 0.644. The van der Waals surface area contributed by atoms with E-state index < -0.39 is 18.0 Å². The van der Waals surface area contributed by atoms with Crippen LogP contribution in [0.1, 0.15) is 26.7 Å². The largest absolute Gasteiger partial charge is 0.469 e. The lowest BCUT2D eigenvalue weighted by atomic mass is 9.91. The van der Waals surface area contributed by atoms with E-state index in [9.17, 15) is 9.90 Å². The molecule has 26 heavy (non-hydrogen) atoms. The number of carbonyl (C=O) groups excluding carboxylic acids is 1. The van der Waals surface area contributed by atoms with Crippen molar-refractivity contribution in [3.05, 3.63) is 0 Å². The van der Waals surface area contributed by atoms with Crippen molar-refractivity contribution in [1.82, 2.24) is 9.80 Å². The van der Waals surface area contributed by atoms with E-state index in [1.165, 1.54) is 7.11 Å². The highest BCUT2D eigenvalue weighted by Crippen LogP contribution is 2.37. The number of hydrogen-bond donors (Lipinski definition) is 1. The Kier molecular flexibility index (Phi) is 6.53. The lowest BCUT2D eigenvalue weighted by molar-refractivity contribution is -0.155. The first-order valence-electron chi connectivity index (χ1n) is 9.54. The van der Waals surface area contributed by atoms with Crippen LogP contribution in [0.25, 0.3) is 0 Å². The first-order chi connectivity index (χ1) is 12.4. The third-order valence-electron chi connectivity index (χ3n) is 5.44. The fraction of sp³-hybridized carbons (Fsp3) is 0.944. The second kappa shape index (κ2) is 8.50. The van der Waals surface area contributed by atoms with Crippen LogP contribution in [0.3, 0.4) is 0 Å². The molecule has 8 nitrogen and oxygen atoms in total. The lowest BCUT2D eigenvalue weighted by Crippen LogP contribution is -2.61. The maximum Gasteiger partial charge on any atom is 0.307 e. The van der Waals surface area contributed by atoms with Gasteiger partial charge in [-0.2, -0.15) is 0 Å². The summed E-state index contributed by atoms with van der Waals surface area (Å²) in [6.45, 7) is 9.45. The maximum absolute atomic E-state index is 11.9. The molecule has 0 saturated carbocycles. The number of aliphatic hydroxyl groups excluding tert-OH is 1. The molecule has 0 radical (unpaired) electrons. The van der Waals surface area contributed by atoms with Crippen LogP contribution >= 0.6 is 0 Å². The summed E-state index contributed by atoms with van der Waals surface area (Å²) >= 11 is 0. The Morgan fingerprint density at radius 1 is 1.19 bits per heavy atom. The second-order valence-corrected chi connectivity index (χ2v) is 7.78. The van der Waals surface area contributed by atoms with E-state index in [1.807, 2.05) is 13.8 Å². The molecule has 0 aromatic rings. The highest BCUT2D eigenvalue weighted by Gasteiger charge is 2.53. The summed E-state index contributed by atoms with van der Waals surface area (Å²) in [6, 6.07) is -0.151. The number of morpholine rings is 1. The molecule has 3 aliphatic rings. The number of ether oxygens (including phenoxy) is 4. The van der Waals surface area contributed by atoms with E-state index in [1.54, 1.807) is 0 Å². The summed E-state index contributed by atoms with van der Waals surface area (Å²) in [5, 5.41) is 10.5. The molecule has 0 aromatic heterocycles. The summed E-state index contributed by atoms with van der Waals surface area (Å²) in [5.74, 6) is -1.02. The van der Waals surface area contributed by atoms with Gasteiger partial charge >= 0.3 is 5.97 Å². The van der Waals surface area contributed by atoms with E-state index in [0.717, 1.165) is 45.8 Å². The van der Waals surface area contributed by atoms with E-state index in [4.69, 9.17) is 18.9 Å². The second-order valence-electron chi connectivity index (χ2n) is 7.78. The zero-order valence-electron chi connectivity index (χ0n) is 16.1. The van der Waals surface area contributed by atoms with Gasteiger partial charge in [0.15, 0.2) is 5.79 Å². The number of nitrogens with zero attached hydrogens (tertiary/aromatic N) is 2. The van der Waals surface area contributed by atoms with Crippen molar-refractivity contribution in [3.63, 3.8) is 0 Å². The lowest BCUT2D eigenvalue weighted by Gasteiger charge is -2.43. The molecule has 0 aliphatic carbocycles. The van der Waals surface area contributed by atoms with Gasteiger partial charge in [0.25, 0.3) is 0 Å². The van der Waals surface area contributed by atoms with Gasteiger partial charge in [-0.3, -0.25) is 14.6 Å². The number of methoxy groups -OCH3 is 1. The van der Waals surface area contributed by atoms with Crippen LogP contribution in [-0.4, -0.2) is 104 Å². The minimum atomic E-state index is -0.755. The molecule has 0 amide bonds. The van der Waals surface area contributed by atoms with Crippen LogP contribution in [0.5, 0.6) is 0 Å². The van der Waals surface area contributed by atoms with Crippen molar-refractivity contribution in [1.29, 1.82) is 0 Å². The molecule has 4 atom stereocenters. The van der Waals surface area contributed by atoms with E-state index in [2.05, 4.69) is 9.80 Å². The van der Waals surface area contributed by atoms with Gasteiger partial charge in [-0.05, 0) is 33.4 Å². The number of β-amino-alcohol motifs (C(OH)–C–C–N with tert-alkyl or cyclic N) is 1. The summed E-state index contributed by atoms with van der Waals surface area (Å²) in [6.07, 6.45) is -0.168. The highest BCUT2D eigenvalue weighted by molar-refractivity contribution is 5.70. The predicted molar refractivity (Wildman–Crippen MR) is 93.7 cm³/mol. The zero-order chi connectivity index (χ0) is 18.7. The topological polar surface area (TPSA) is 80.7 Å². The monoisotopic (exact) mass is 372 g/mol. The molecule has 3 rings (SSSR count). The van der Waals surface area contributed by atoms with Crippen LogP contribution in [0.15, 0.2) is 0 Å². The minimum Gasteiger partial charge on any atom is -0.469 e. The van der Waals surface area contributed by atoms with Gasteiger partial charge in [-0.1, -0.05) is 0 Å². The molecule has 3 fully saturated rings. The van der Waals surface area contributed by atoms with Crippen molar-refractivity contribution >= 4 is 5.97 Å². The fourth-order valence-electron chi connectivity index (χ4n) is 4.18. The van der Waals surface area contributed by atoms with Gasteiger partial charge in [-0.15, -0.1) is 0 Å². The number of fused-ring (bicyclic) bond motifs is 1. The Hall–Kier alpha value is -0.770. The molecule has 0 spiro atoms. The normalized spacial score (nSPS) is 35.2. The van der Waals surface area contributed by atoms with Crippen LogP contribution in [0, 0.1) is 0 Å². The zero-order valence-corrected chi connectivity index (χ0v) is 16.1. The smallest absolute Gasteiger partial charge is 0.307 e. The third-order valence-corrected chi connectivity index (χ3v) is 5.44. The molecule has 1 N–H and O–H groups in total. The molecule has 3 saturated heterocycles. The Balaban J connectivity index is 1.62. The third kappa shape index (κ3) is 4.74. The number of carbonyl (C=O) groups is 1. The maximum atomic E-state index is 11.9. The Morgan fingerprint density at radius 2 is 1.88 bits per heavy atom. The number of hydrogen-bond acceptors (Lipinski definition) is 8. The van der Waals surface area contributed by atoms with Gasteiger partial charge < -0.3 is 24.1 Å². The first kappa shape index (κ1) is 20.0. The van der Waals surface area contributed by atoms with Crippen molar-refractivity contribution in [2.75, 3.05) is 53.0 Å². The fourth-order valence-corrected chi connectivity index (χ4v) is 4.18. The predicted octanol–water partition coefficient (Wildman–Crippen LogP) is -0.163. The first-order valence-corrected chi connectivity index (χ1v) is 9.54. The Morgan fingerprint density at radius 3 is 2.58 bits per heavy atom. The molecular weight excluding hydrogens is 340 g/mol. The molecule has 3 aliphatic heterocycles. The Bertz CT molecular complexity index is 482. The molecule has 0 unspecified atom stereocenters. The van der Waals surface area contributed by atoms with Crippen molar-refractivity contribution in [2.45, 2.75) is 56.8 Å². The number of esters is 1. The molecule has 3 heterocycles. The average molecular weight is 372 g/mol. The number of likely N-dealkylation sites (tertiary alicyclic amines) is 1. The van der Waals surface area contributed by atoms with Crippen molar-refractivity contribution in [2.24, 2.45) is 0 Å². The summed E-state index contributed by atoms with van der Waals surface area (Å²) in [7, 11) is 1.40. The molecule has 0 aromatic carbocycles. The molecule has 8 heteroatoms. The number of piperidine rings is 1. The minimum absolute atomic E-state index is 0.151. The average Bonchev–Trinajstić information content (AvgIpc) is 2.95. The van der Waals surface area contributed by atoms with Crippen molar-refractivity contribution < 1.29 is 28.8 Å². The molecule has 0 bridgehead atoms. The van der Waals surface area contributed by atoms with Gasteiger partial charge in [0.2, 0.25) is 0 Å². The van der Waals surface area contributed by atoms with E-state index in [0.29, 0.717) is 6.54 Å². The molecular formula is C18H32N2O6. The summed E-state index contributed by atoms with van der Waals surface area (Å²) in [5.41, 5.74) is 0. The van der Waals surface area contributed by atoms with Crippen molar-refractivity contribution in [3.8, 4) is 0 Å². The highest BCUT2D eigenvalue weighted by atomic mass is 16.8. The van der Waals surface area contributed by atoms with Gasteiger partial charge in [0, 0.05) is 25.7 Å². The Labute approximate surface area is 155 Å². The van der Waals surface area contributed by atoms with Crippen LogP contribution in [0.2, 0.25) is 0 Å². The van der Waals surface area contributed by atoms with E-state index in [-0.39, 0.29) is 24.5 Å². The molecule has 150 valence electrons. The SMILES string of the molecule is COC(=O)C[C@H]1[C@@H]2OC(C)(C)O[C@@H]2[C@H](O)CN1CCCN1CCOCC1. The summed E-state index contributed by atoms with van der Waals surface area (Å²) < 4.78 is 22.2. The number of aliphatic hydroxyl groups is 1. The van der Waals surface area contributed by atoms with Crippen LogP contribution in [-0.2, 0) is 23.7 Å². The summed E-state index contributed by atoms with van der Waals surface area (Å²) in [4.78, 5) is 16.5. The van der Waals surface area contributed by atoms with Gasteiger partial charge in [0.1, 0.15) is 12.2 Å². The van der Waals surface area contributed by atoms with Gasteiger partial charge in [0.05, 0.1) is 32.8 Å². The van der Waals surface area contributed by atoms with E-state index >= 15 is 0 Å². The van der Waals surface area contributed by atoms with Crippen LogP contribution in [0.4, 0.5) is 0 Å². The standard InChI is InChI=1S/C18H32N2O6/c1-18(2)25-16-13(11-15(22)23-3)20(12-14(21)17(16)26-18)6-4-5-19-7-9-24-10-8-19/h13-14,16-17,21H,4-12H2,1-3H3/t13-,14+,16-,17+/m0/s1.